The van der Waals surface area contributed by atoms with E-state index in [1.54, 1.807) is 13.8 Å². The molecule has 0 aromatic carbocycles. The fourth-order valence-corrected chi connectivity index (χ4v) is 0.582. The summed E-state index contributed by atoms with van der Waals surface area (Å²) in [5, 5.41) is 0. The smallest absolute Gasteiger partial charge is 0.346 e. The van der Waals surface area contributed by atoms with Crippen molar-refractivity contribution < 1.29 is 19.1 Å². The Balaban J connectivity index is 4.41. The quantitative estimate of drug-likeness (QED) is 0.215. The van der Waals surface area contributed by atoms with Crippen LogP contribution >= 0.6 is 0 Å². The monoisotopic (exact) mass is 187 g/mol. The van der Waals surface area contributed by atoms with E-state index >= 15 is 0 Å². The van der Waals surface area contributed by atoms with Crippen molar-refractivity contribution in [1.29, 1.82) is 0 Å². The second-order valence-corrected chi connectivity index (χ2v) is 2.07. The van der Waals surface area contributed by atoms with Gasteiger partial charge < -0.3 is 15.2 Å². The van der Waals surface area contributed by atoms with Crippen molar-refractivity contribution in [2.45, 2.75) is 13.8 Å². The zero-order valence-corrected chi connectivity index (χ0v) is 7.70. The lowest BCUT2D eigenvalue weighted by atomic mass is 10.3. The third-order valence-electron chi connectivity index (χ3n) is 1.13. The molecule has 74 valence electrons. The van der Waals surface area contributed by atoms with Gasteiger partial charge in [-0.3, -0.25) is 4.79 Å². The minimum Gasteiger partial charge on any atom is -0.500 e. The molecular formula is C8H13NO4. The minimum atomic E-state index is -0.855. The molecule has 0 aliphatic rings. The summed E-state index contributed by atoms with van der Waals surface area (Å²) in [7, 11) is 0. The average Bonchev–Trinajstić information content (AvgIpc) is 2.05. The maximum atomic E-state index is 11.0. The Bertz CT molecular complexity index is 222. The number of nitrogens with two attached hydrogens (primary N) is 1. The van der Waals surface area contributed by atoms with E-state index < -0.39 is 11.9 Å². The highest BCUT2D eigenvalue weighted by Crippen LogP contribution is 1.97. The lowest BCUT2D eigenvalue weighted by molar-refractivity contribution is -0.140. The summed E-state index contributed by atoms with van der Waals surface area (Å²) in [5.41, 5.74) is 4.65. The summed E-state index contributed by atoms with van der Waals surface area (Å²) >= 11 is 0. The Hall–Kier alpha value is -1.52. The predicted octanol–water partition coefficient (Wildman–Crippen LogP) is -0.0448. The maximum absolute atomic E-state index is 11.0. The van der Waals surface area contributed by atoms with Gasteiger partial charge in [-0.1, -0.05) is 0 Å². The van der Waals surface area contributed by atoms with Crippen LogP contribution in [0.4, 0.5) is 0 Å². The number of carbonyl (C=O) groups is 2. The zero-order chi connectivity index (χ0) is 10.3. The molecule has 0 aromatic rings. The fraction of sp³-hybridized carbons (Fsp3) is 0.500. The Morgan fingerprint density at radius 3 is 2.31 bits per heavy atom. The average molecular weight is 187 g/mol. The van der Waals surface area contributed by atoms with Crippen LogP contribution in [-0.4, -0.2) is 25.1 Å². The van der Waals surface area contributed by atoms with E-state index in [-0.39, 0.29) is 12.2 Å². The molecule has 0 radical (unpaired) electrons. The summed E-state index contributed by atoms with van der Waals surface area (Å²) in [4.78, 5) is 21.7. The highest BCUT2D eigenvalue weighted by molar-refractivity contribution is 6.15. The number of ether oxygens (including phenoxy) is 2. The third-order valence-corrected chi connectivity index (χ3v) is 1.13. The van der Waals surface area contributed by atoms with Gasteiger partial charge in [-0.15, -0.1) is 0 Å². The van der Waals surface area contributed by atoms with Gasteiger partial charge in [0.15, 0.2) is 5.57 Å². The van der Waals surface area contributed by atoms with Crippen molar-refractivity contribution in [3.63, 3.8) is 0 Å². The summed E-state index contributed by atoms with van der Waals surface area (Å²) in [6, 6.07) is 0. The Morgan fingerprint density at radius 2 is 1.92 bits per heavy atom. The van der Waals surface area contributed by atoms with Crippen LogP contribution in [0.5, 0.6) is 0 Å². The van der Waals surface area contributed by atoms with Crippen LogP contribution < -0.4 is 5.73 Å². The van der Waals surface area contributed by atoms with Gasteiger partial charge in [0, 0.05) is 0 Å². The highest BCUT2D eigenvalue weighted by atomic mass is 16.5. The summed E-state index contributed by atoms with van der Waals surface area (Å²) in [5.74, 6) is -1.62. The Kier molecular flexibility index (Phi) is 5.34. The second-order valence-electron chi connectivity index (χ2n) is 2.07. The lowest BCUT2D eigenvalue weighted by Gasteiger charge is -2.02. The molecule has 0 rings (SSSR count). The van der Waals surface area contributed by atoms with Crippen LogP contribution in [0.25, 0.3) is 0 Å². The number of hydrogen-bond acceptors (Lipinski definition) is 4. The van der Waals surface area contributed by atoms with E-state index in [0.717, 1.165) is 6.26 Å². The van der Waals surface area contributed by atoms with Crippen LogP contribution in [0.2, 0.25) is 0 Å². The minimum absolute atomic E-state index is 0.190. The molecule has 0 unspecified atom stereocenters. The first-order valence-electron chi connectivity index (χ1n) is 3.92. The van der Waals surface area contributed by atoms with Crippen LogP contribution in [0.15, 0.2) is 11.8 Å². The molecule has 0 spiro atoms. The van der Waals surface area contributed by atoms with Crippen LogP contribution in [0, 0.1) is 0 Å². The summed E-state index contributed by atoms with van der Waals surface area (Å²) in [6.07, 6.45) is 1.01. The van der Waals surface area contributed by atoms with Gasteiger partial charge >= 0.3 is 5.97 Å². The van der Waals surface area contributed by atoms with Crippen molar-refractivity contribution in [3.05, 3.63) is 11.8 Å². The molecule has 0 aliphatic carbocycles. The first-order valence-corrected chi connectivity index (χ1v) is 3.92. The topological polar surface area (TPSA) is 78.6 Å². The maximum Gasteiger partial charge on any atom is 0.346 e. The van der Waals surface area contributed by atoms with Gasteiger partial charge in [-0.05, 0) is 13.8 Å². The fourth-order valence-electron chi connectivity index (χ4n) is 0.582. The molecule has 0 atom stereocenters. The summed E-state index contributed by atoms with van der Waals surface area (Å²) in [6.45, 7) is 3.91. The number of esters is 1. The molecule has 0 saturated heterocycles. The van der Waals surface area contributed by atoms with Crippen molar-refractivity contribution in [2.24, 2.45) is 5.73 Å². The van der Waals surface area contributed by atoms with Crippen molar-refractivity contribution in [2.75, 3.05) is 13.2 Å². The zero-order valence-electron chi connectivity index (χ0n) is 7.70. The van der Waals surface area contributed by atoms with E-state index in [2.05, 4.69) is 4.74 Å². The molecule has 0 bridgehead atoms. The first-order chi connectivity index (χ1) is 6.13. The van der Waals surface area contributed by atoms with E-state index in [1.165, 1.54) is 0 Å². The van der Waals surface area contributed by atoms with E-state index in [0.29, 0.717) is 6.61 Å². The van der Waals surface area contributed by atoms with Crippen LogP contribution in [-0.2, 0) is 19.1 Å². The molecule has 0 aliphatic heterocycles. The molecule has 5 nitrogen and oxygen atoms in total. The standard InChI is InChI=1S/C8H13NO4/c1-3-12-5-6(7(9)10)8(11)13-4-2/h5H,3-4H2,1-2H3,(H2,9,10). The molecule has 1 amide bonds. The Labute approximate surface area is 76.5 Å². The normalized spacial score (nSPS) is 10.8. The third kappa shape index (κ3) is 4.15. The largest absolute Gasteiger partial charge is 0.500 e. The van der Waals surface area contributed by atoms with E-state index in [4.69, 9.17) is 10.5 Å². The molecule has 13 heavy (non-hydrogen) atoms. The van der Waals surface area contributed by atoms with Gasteiger partial charge in [0.1, 0.15) is 6.26 Å². The number of amides is 1. The second kappa shape index (κ2) is 6.05. The molecule has 5 heteroatoms. The molecule has 0 heterocycles. The molecule has 0 saturated carbocycles. The lowest BCUT2D eigenvalue weighted by Crippen LogP contribution is -2.22. The number of primary amides is 1. The molecule has 0 aromatic heterocycles. The van der Waals surface area contributed by atoms with Gasteiger partial charge in [0.05, 0.1) is 13.2 Å². The van der Waals surface area contributed by atoms with E-state index in [1.807, 2.05) is 0 Å². The highest BCUT2D eigenvalue weighted by Gasteiger charge is 2.16. The number of hydrogen-bond donors (Lipinski definition) is 1. The number of carbonyl (C=O) groups excluding carboxylic acids is 2. The molecule has 0 fully saturated rings. The van der Waals surface area contributed by atoms with Gasteiger partial charge in [0.2, 0.25) is 0 Å². The van der Waals surface area contributed by atoms with Crippen molar-refractivity contribution in [3.8, 4) is 0 Å². The van der Waals surface area contributed by atoms with Crippen molar-refractivity contribution >= 4 is 11.9 Å². The SMILES string of the molecule is CCOC=C(C(N)=O)C(=O)OCC. The molecule has 2 N–H and O–H groups in total. The van der Waals surface area contributed by atoms with E-state index in [9.17, 15) is 9.59 Å². The Morgan fingerprint density at radius 1 is 1.31 bits per heavy atom. The van der Waals surface area contributed by atoms with Gasteiger partial charge in [-0.2, -0.15) is 0 Å². The van der Waals surface area contributed by atoms with Gasteiger partial charge in [0.25, 0.3) is 5.91 Å². The predicted molar refractivity (Wildman–Crippen MR) is 45.5 cm³/mol. The molecular weight excluding hydrogens is 174 g/mol. The summed E-state index contributed by atoms with van der Waals surface area (Å²) < 4.78 is 9.34. The van der Waals surface area contributed by atoms with Gasteiger partial charge in [-0.25, -0.2) is 4.79 Å². The van der Waals surface area contributed by atoms with Crippen LogP contribution in [0.1, 0.15) is 13.8 Å². The number of rotatable bonds is 5. The van der Waals surface area contributed by atoms with Crippen LogP contribution in [0.3, 0.4) is 0 Å². The van der Waals surface area contributed by atoms with Crippen molar-refractivity contribution in [1.82, 2.24) is 0 Å². The first kappa shape index (κ1) is 11.5.